The van der Waals surface area contributed by atoms with Crippen LogP contribution < -0.4 is 0 Å². The molecule has 2 aromatic rings. The second-order valence-corrected chi connectivity index (χ2v) is 14.6. The van der Waals surface area contributed by atoms with Crippen molar-refractivity contribution in [3.05, 3.63) is 69.7 Å². The molecule has 2 aromatic carbocycles. The lowest BCUT2D eigenvalue weighted by atomic mass is 9.67. The van der Waals surface area contributed by atoms with Gasteiger partial charge in [0.15, 0.2) is 9.84 Å². The van der Waals surface area contributed by atoms with Crippen molar-refractivity contribution in [2.45, 2.75) is 58.0 Å². The molecule has 2 saturated heterocycles. The first-order valence-corrected chi connectivity index (χ1v) is 15.7. The predicted molar refractivity (Wildman–Crippen MR) is 152 cm³/mol. The largest absolute Gasteiger partial charge is 0.481 e. The first-order chi connectivity index (χ1) is 18.3. The number of amides is 1. The van der Waals surface area contributed by atoms with Crippen molar-refractivity contribution in [3.63, 3.8) is 0 Å². The molecule has 0 aliphatic carbocycles. The highest BCUT2D eigenvalue weighted by molar-refractivity contribution is 7.91. The Morgan fingerprint density at radius 3 is 2.31 bits per heavy atom. The van der Waals surface area contributed by atoms with Gasteiger partial charge in [0.1, 0.15) is 0 Å². The fourth-order valence-electron chi connectivity index (χ4n) is 6.09. The molecule has 2 aliphatic heterocycles. The molecule has 0 spiro atoms. The number of hydrogen-bond donors (Lipinski definition) is 1. The molecule has 0 radical (unpaired) electrons. The molecular weight excluding hydrogens is 561 g/mol. The van der Waals surface area contributed by atoms with Gasteiger partial charge in [-0.15, -0.1) is 0 Å². The number of piperidine rings is 1. The van der Waals surface area contributed by atoms with E-state index in [2.05, 4.69) is 0 Å². The maximum absolute atomic E-state index is 14.3. The predicted octanol–water partition coefficient (Wildman–Crippen LogP) is 5.76. The molecule has 4 atom stereocenters. The van der Waals surface area contributed by atoms with E-state index >= 15 is 0 Å². The summed E-state index contributed by atoms with van der Waals surface area (Å²) in [7, 11) is -3.58. The highest BCUT2D eigenvalue weighted by Gasteiger charge is 2.53. The molecule has 4 rings (SSSR count). The molecule has 2 heterocycles. The summed E-state index contributed by atoms with van der Waals surface area (Å²) in [5, 5.41) is 10.8. The quantitative estimate of drug-likeness (QED) is 0.374. The van der Waals surface area contributed by atoms with E-state index in [9.17, 15) is 23.1 Å². The zero-order valence-corrected chi connectivity index (χ0v) is 24.7. The van der Waals surface area contributed by atoms with Gasteiger partial charge in [0, 0.05) is 27.4 Å². The van der Waals surface area contributed by atoms with E-state index in [-0.39, 0.29) is 36.2 Å². The third-order valence-electron chi connectivity index (χ3n) is 7.91. The van der Waals surface area contributed by atoms with Crippen LogP contribution >= 0.6 is 23.2 Å². The Hall–Kier alpha value is -2.13. The van der Waals surface area contributed by atoms with Crippen LogP contribution in [0.2, 0.25) is 10.0 Å². The van der Waals surface area contributed by atoms with Gasteiger partial charge in [-0.3, -0.25) is 9.59 Å². The van der Waals surface area contributed by atoms with E-state index in [1.165, 1.54) is 0 Å². The van der Waals surface area contributed by atoms with Gasteiger partial charge in [-0.05, 0) is 48.2 Å². The molecule has 212 valence electrons. The Balaban J connectivity index is 1.85. The van der Waals surface area contributed by atoms with Crippen LogP contribution in [0.15, 0.2) is 48.5 Å². The van der Waals surface area contributed by atoms with Crippen LogP contribution in [-0.4, -0.2) is 61.1 Å². The number of benzene rings is 2. The molecule has 0 unspecified atom stereocenters. The lowest BCUT2D eigenvalue weighted by molar-refractivity contribution is -0.160. The summed E-state index contributed by atoms with van der Waals surface area (Å²) < 4.78 is 32.2. The van der Waals surface area contributed by atoms with Crippen LogP contribution in [0.4, 0.5) is 0 Å². The molecule has 1 N–H and O–H groups in total. The highest BCUT2D eigenvalue weighted by Crippen LogP contribution is 2.52. The Bertz CT molecular complexity index is 1330. The molecule has 0 aromatic heterocycles. The third-order valence-corrected chi connectivity index (χ3v) is 10.4. The van der Waals surface area contributed by atoms with Gasteiger partial charge in [-0.1, -0.05) is 68.2 Å². The molecular formula is C29H35Cl2NO6S. The van der Waals surface area contributed by atoms with E-state index in [1.807, 2.05) is 44.2 Å². The van der Waals surface area contributed by atoms with Crippen molar-refractivity contribution < 1.29 is 27.9 Å². The molecule has 2 aliphatic rings. The second kappa shape index (κ2) is 11.4. The topological polar surface area (TPSA) is 101 Å². The number of nitrogens with zero attached hydrogens (tertiary/aromatic N) is 1. The number of rotatable bonds is 10. The standard InChI is InChI=1S/C29H35Cl2NO6S/c1-4-23(15-39(36,37)18-28(2)16-38-17-28)32-26(19-8-10-21(30)11-9-19)24(20-6-5-7-22(31)12-20)13-29(3,27(32)35)14-25(33)34/h5-12,23-24,26H,4,13-18H2,1-3H3,(H,33,34)/t23-,24+,26+,29-/m0/s1. The monoisotopic (exact) mass is 595 g/mol. The van der Waals surface area contributed by atoms with Crippen molar-refractivity contribution in [1.82, 2.24) is 4.90 Å². The number of carbonyl (C=O) groups excluding carboxylic acids is 1. The maximum Gasteiger partial charge on any atom is 0.304 e. The zero-order valence-electron chi connectivity index (χ0n) is 22.4. The van der Waals surface area contributed by atoms with Crippen molar-refractivity contribution in [1.29, 1.82) is 0 Å². The second-order valence-electron chi connectivity index (χ2n) is 11.6. The lowest BCUT2D eigenvalue weighted by Crippen LogP contribution is -2.58. The molecule has 2 fully saturated rings. The van der Waals surface area contributed by atoms with Crippen LogP contribution in [-0.2, 0) is 24.2 Å². The SMILES string of the molecule is CC[C@@H](CS(=O)(=O)CC1(C)COC1)N1C(=O)[C@](C)(CC(=O)O)C[C@H](c2cccc(Cl)c2)[C@H]1c1ccc(Cl)cc1. The minimum atomic E-state index is -3.58. The van der Waals surface area contributed by atoms with Gasteiger partial charge in [-0.25, -0.2) is 8.42 Å². The zero-order chi connectivity index (χ0) is 28.6. The van der Waals surface area contributed by atoms with Crippen LogP contribution in [0.5, 0.6) is 0 Å². The minimum absolute atomic E-state index is 0.0335. The minimum Gasteiger partial charge on any atom is -0.481 e. The van der Waals surface area contributed by atoms with E-state index in [1.54, 1.807) is 30.0 Å². The Kier molecular flexibility index (Phi) is 8.72. The van der Waals surface area contributed by atoms with Crippen molar-refractivity contribution >= 4 is 44.9 Å². The molecule has 39 heavy (non-hydrogen) atoms. The number of carbonyl (C=O) groups is 2. The third kappa shape index (κ3) is 6.62. The number of ether oxygens (including phenoxy) is 1. The number of hydrogen-bond acceptors (Lipinski definition) is 5. The fourth-order valence-corrected chi connectivity index (χ4v) is 8.75. The highest BCUT2D eigenvalue weighted by atomic mass is 35.5. The number of carboxylic acids is 1. The smallest absolute Gasteiger partial charge is 0.304 e. The Labute approximate surface area is 240 Å². The molecule has 0 saturated carbocycles. The van der Waals surface area contributed by atoms with Crippen LogP contribution in [0.3, 0.4) is 0 Å². The summed E-state index contributed by atoms with van der Waals surface area (Å²) in [5.41, 5.74) is -0.0364. The van der Waals surface area contributed by atoms with Crippen molar-refractivity contribution in [3.8, 4) is 0 Å². The number of sulfone groups is 1. The Morgan fingerprint density at radius 2 is 1.77 bits per heavy atom. The summed E-state index contributed by atoms with van der Waals surface area (Å²) in [6.45, 7) is 6.17. The van der Waals surface area contributed by atoms with Gasteiger partial charge in [0.05, 0.1) is 42.6 Å². The normalized spacial score (nSPS) is 25.7. The average molecular weight is 597 g/mol. The summed E-state index contributed by atoms with van der Waals surface area (Å²) in [6, 6.07) is 13.3. The summed E-state index contributed by atoms with van der Waals surface area (Å²) in [5.74, 6) is -2.03. The van der Waals surface area contributed by atoms with E-state index in [0.29, 0.717) is 29.7 Å². The summed E-state index contributed by atoms with van der Waals surface area (Å²) in [6.07, 6.45) is 0.278. The first kappa shape index (κ1) is 29.8. The van der Waals surface area contributed by atoms with Crippen molar-refractivity contribution in [2.24, 2.45) is 10.8 Å². The van der Waals surface area contributed by atoms with Gasteiger partial charge in [-0.2, -0.15) is 0 Å². The summed E-state index contributed by atoms with van der Waals surface area (Å²) in [4.78, 5) is 27.9. The number of aliphatic carboxylic acids is 1. The Morgan fingerprint density at radius 1 is 1.10 bits per heavy atom. The van der Waals surface area contributed by atoms with Gasteiger partial charge >= 0.3 is 5.97 Å². The van der Waals surface area contributed by atoms with Crippen LogP contribution in [0.25, 0.3) is 0 Å². The number of halogens is 2. The fraction of sp³-hybridized carbons (Fsp3) is 0.517. The lowest BCUT2D eigenvalue weighted by Gasteiger charge is -2.52. The number of likely N-dealkylation sites (tertiary alicyclic amines) is 1. The van der Waals surface area contributed by atoms with Crippen molar-refractivity contribution in [2.75, 3.05) is 24.7 Å². The van der Waals surface area contributed by atoms with E-state index in [4.69, 9.17) is 27.9 Å². The molecule has 7 nitrogen and oxygen atoms in total. The number of carboxylic acid groups (broad SMARTS) is 1. The van der Waals surface area contributed by atoms with E-state index < -0.39 is 38.7 Å². The molecule has 0 bridgehead atoms. The first-order valence-electron chi connectivity index (χ1n) is 13.1. The van der Waals surface area contributed by atoms with Gasteiger partial charge in [0.2, 0.25) is 5.91 Å². The summed E-state index contributed by atoms with van der Waals surface area (Å²) >= 11 is 12.6. The molecule has 1 amide bonds. The van der Waals surface area contributed by atoms with Gasteiger partial charge in [0.25, 0.3) is 0 Å². The van der Waals surface area contributed by atoms with Gasteiger partial charge < -0.3 is 14.7 Å². The average Bonchev–Trinajstić information content (AvgIpc) is 2.83. The van der Waals surface area contributed by atoms with Crippen LogP contribution in [0.1, 0.15) is 63.1 Å². The van der Waals surface area contributed by atoms with E-state index in [0.717, 1.165) is 11.1 Å². The molecule has 10 heteroatoms. The maximum atomic E-state index is 14.3. The van der Waals surface area contributed by atoms with Crippen LogP contribution in [0, 0.1) is 10.8 Å².